The van der Waals surface area contributed by atoms with Gasteiger partial charge in [0.1, 0.15) is 5.56 Å². The molecule has 0 bridgehead atoms. The Bertz CT molecular complexity index is 547. The highest BCUT2D eigenvalue weighted by Gasteiger charge is 2.25. The van der Waals surface area contributed by atoms with Crippen LogP contribution in [0.5, 0.6) is 0 Å². The molecule has 114 valence electrons. The second-order valence-electron chi connectivity index (χ2n) is 5.17. The molecule has 1 saturated heterocycles. The molecule has 7 nitrogen and oxygen atoms in total. The van der Waals surface area contributed by atoms with Gasteiger partial charge in [-0.1, -0.05) is 6.92 Å². The van der Waals surface area contributed by atoms with Crippen molar-refractivity contribution in [2.75, 3.05) is 25.4 Å². The molecule has 1 fully saturated rings. The fourth-order valence-electron chi connectivity index (χ4n) is 2.74. The first-order chi connectivity index (χ1) is 10.0. The molecule has 1 aliphatic heterocycles. The van der Waals surface area contributed by atoms with Gasteiger partial charge in [-0.05, 0) is 38.1 Å². The molecule has 1 aliphatic rings. The van der Waals surface area contributed by atoms with Crippen LogP contribution in [0, 0.1) is 10.1 Å². The Balaban J connectivity index is 2.06. The van der Waals surface area contributed by atoms with Crippen LogP contribution >= 0.6 is 0 Å². The monoisotopic (exact) mass is 292 g/mol. The number of nitrogens with two attached hydrogens (primary N) is 1. The van der Waals surface area contributed by atoms with E-state index >= 15 is 0 Å². The summed E-state index contributed by atoms with van der Waals surface area (Å²) in [5, 5.41) is 13.8. The van der Waals surface area contributed by atoms with Crippen LogP contribution in [-0.4, -0.2) is 41.4 Å². The Labute approximate surface area is 123 Å². The maximum Gasteiger partial charge on any atom is 0.282 e. The molecule has 1 unspecified atom stereocenters. The number of hydrogen-bond donors (Lipinski definition) is 2. The number of likely N-dealkylation sites (tertiary alicyclic amines) is 1. The first-order valence-corrected chi connectivity index (χ1v) is 7.09. The Morgan fingerprint density at radius 1 is 1.57 bits per heavy atom. The zero-order chi connectivity index (χ0) is 15.4. The van der Waals surface area contributed by atoms with E-state index in [-0.39, 0.29) is 11.3 Å². The summed E-state index contributed by atoms with van der Waals surface area (Å²) in [6.45, 7) is 4.57. The summed E-state index contributed by atoms with van der Waals surface area (Å²) in [6.07, 6.45) is 2.15. The van der Waals surface area contributed by atoms with Crippen LogP contribution in [0.1, 0.15) is 30.1 Å². The zero-order valence-electron chi connectivity index (χ0n) is 12.0. The Kier molecular flexibility index (Phi) is 4.74. The van der Waals surface area contributed by atoms with Crippen molar-refractivity contribution in [2.45, 2.75) is 25.8 Å². The van der Waals surface area contributed by atoms with E-state index in [0.29, 0.717) is 18.3 Å². The van der Waals surface area contributed by atoms with E-state index in [1.807, 2.05) is 0 Å². The molecular formula is C14H20N4O3. The van der Waals surface area contributed by atoms with Crippen LogP contribution in [0.2, 0.25) is 0 Å². The summed E-state index contributed by atoms with van der Waals surface area (Å²) in [5.74, 6) is -0.447. The molecule has 0 aliphatic carbocycles. The summed E-state index contributed by atoms with van der Waals surface area (Å²) < 4.78 is 0. The smallest absolute Gasteiger partial charge is 0.282 e. The second-order valence-corrected chi connectivity index (χ2v) is 5.17. The minimum Gasteiger partial charge on any atom is -0.399 e. The molecule has 3 N–H and O–H groups in total. The fraction of sp³-hybridized carbons (Fsp3) is 0.500. The second kappa shape index (κ2) is 6.53. The number of likely N-dealkylation sites (N-methyl/N-ethyl adjacent to an activating group) is 1. The quantitative estimate of drug-likeness (QED) is 0.485. The van der Waals surface area contributed by atoms with Gasteiger partial charge in [-0.25, -0.2) is 0 Å². The SMILES string of the molecule is CCN1CCCC1CNC(=O)c1cc(N)ccc1[N+](=O)[O-]. The van der Waals surface area contributed by atoms with Crippen LogP contribution in [0.4, 0.5) is 11.4 Å². The third-order valence-corrected chi connectivity index (χ3v) is 3.87. The average Bonchev–Trinajstić information content (AvgIpc) is 2.91. The summed E-state index contributed by atoms with van der Waals surface area (Å²) >= 11 is 0. The molecule has 1 atom stereocenters. The molecule has 7 heteroatoms. The number of rotatable bonds is 5. The summed E-state index contributed by atoms with van der Waals surface area (Å²) in [5.41, 5.74) is 5.74. The predicted octanol–water partition coefficient (Wildman–Crippen LogP) is 1.39. The minimum absolute atomic E-state index is 0.0149. The molecule has 0 spiro atoms. The van der Waals surface area contributed by atoms with Gasteiger partial charge in [-0.15, -0.1) is 0 Å². The van der Waals surface area contributed by atoms with E-state index in [1.54, 1.807) is 0 Å². The number of carbonyl (C=O) groups excluding carboxylic acids is 1. The molecule has 0 aromatic heterocycles. The Hall–Kier alpha value is -2.15. The van der Waals surface area contributed by atoms with Crippen molar-refractivity contribution < 1.29 is 9.72 Å². The van der Waals surface area contributed by atoms with Crippen molar-refractivity contribution in [1.82, 2.24) is 10.2 Å². The lowest BCUT2D eigenvalue weighted by atomic mass is 10.1. The number of nitro groups is 1. The van der Waals surface area contributed by atoms with Crippen LogP contribution in [0.25, 0.3) is 0 Å². The molecule has 2 rings (SSSR count). The van der Waals surface area contributed by atoms with E-state index in [2.05, 4.69) is 17.1 Å². The lowest BCUT2D eigenvalue weighted by molar-refractivity contribution is -0.385. The Morgan fingerprint density at radius 3 is 3.00 bits per heavy atom. The number of carbonyl (C=O) groups is 1. The molecule has 1 aromatic rings. The highest BCUT2D eigenvalue weighted by Crippen LogP contribution is 2.21. The number of anilines is 1. The van der Waals surface area contributed by atoms with E-state index in [0.717, 1.165) is 25.9 Å². The van der Waals surface area contributed by atoms with Gasteiger partial charge in [-0.2, -0.15) is 0 Å². The van der Waals surface area contributed by atoms with Crippen molar-refractivity contribution in [2.24, 2.45) is 0 Å². The number of nitrogens with one attached hydrogen (secondary N) is 1. The van der Waals surface area contributed by atoms with Crippen molar-refractivity contribution in [3.8, 4) is 0 Å². The normalized spacial score (nSPS) is 18.6. The largest absolute Gasteiger partial charge is 0.399 e. The topological polar surface area (TPSA) is 102 Å². The van der Waals surface area contributed by atoms with Gasteiger partial charge in [0.15, 0.2) is 0 Å². The van der Waals surface area contributed by atoms with Gasteiger partial charge >= 0.3 is 0 Å². The van der Waals surface area contributed by atoms with Crippen LogP contribution < -0.4 is 11.1 Å². The van der Waals surface area contributed by atoms with Crippen LogP contribution in [0.15, 0.2) is 18.2 Å². The number of hydrogen-bond acceptors (Lipinski definition) is 5. The standard InChI is InChI=1S/C14H20N4O3/c1-2-17-7-3-4-11(17)9-16-14(19)12-8-10(15)5-6-13(12)18(20)21/h5-6,8,11H,2-4,7,9,15H2,1H3,(H,16,19). The third-order valence-electron chi connectivity index (χ3n) is 3.87. The minimum atomic E-state index is -0.567. The van der Waals surface area contributed by atoms with Gasteiger partial charge in [-0.3, -0.25) is 19.8 Å². The van der Waals surface area contributed by atoms with Crippen molar-refractivity contribution in [3.05, 3.63) is 33.9 Å². The number of nitrogen functional groups attached to an aromatic ring is 1. The lowest BCUT2D eigenvalue weighted by Gasteiger charge is -2.22. The van der Waals surface area contributed by atoms with Gasteiger partial charge in [0.25, 0.3) is 11.6 Å². The van der Waals surface area contributed by atoms with E-state index in [4.69, 9.17) is 5.73 Å². The van der Waals surface area contributed by atoms with Crippen molar-refractivity contribution >= 4 is 17.3 Å². The highest BCUT2D eigenvalue weighted by molar-refractivity contribution is 5.99. The number of nitrogens with zero attached hydrogens (tertiary/aromatic N) is 2. The zero-order valence-corrected chi connectivity index (χ0v) is 12.0. The molecule has 1 amide bonds. The van der Waals surface area contributed by atoms with Gasteiger partial charge in [0, 0.05) is 24.3 Å². The summed E-state index contributed by atoms with van der Waals surface area (Å²) in [6, 6.07) is 4.34. The first kappa shape index (κ1) is 15.2. The number of nitro benzene ring substituents is 1. The first-order valence-electron chi connectivity index (χ1n) is 7.09. The van der Waals surface area contributed by atoms with Gasteiger partial charge < -0.3 is 11.1 Å². The van der Waals surface area contributed by atoms with E-state index in [9.17, 15) is 14.9 Å². The molecular weight excluding hydrogens is 272 g/mol. The Morgan fingerprint density at radius 2 is 2.33 bits per heavy atom. The molecule has 0 saturated carbocycles. The number of benzene rings is 1. The molecule has 1 aromatic carbocycles. The number of amides is 1. The van der Waals surface area contributed by atoms with Crippen LogP contribution in [0.3, 0.4) is 0 Å². The lowest BCUT2D eigenvalue weighted by Crippen LogP contribution is -2.40. The third kappa shape index (κ3) is 3.49. The van der Waals surface area contributed by atoms with Crippen LogP contribution in [-0.2, 0) is 0 Å². The maximum absolute atomic E-state index is 12.2. The van der Waals surface area contributed by atoms with Gasteiger partial charge in [0.05, 0.1) is 4.92 Å². The van der Waals surface area contributed by atoms with Crippen molar-refractivity contribution in [1.29, 1.82) is 0 Å². The molecule has 1 heterocycles. The van der Waals surface area contributed by atoms with E-state index in [1.165, 1.54) is 18.2 Å². The van der Waals surface area contributed by atoms with Gasteiger partial charge in [0.2, 0.25) is 0 Å². The predicted molar refractivity (Wildman–Crippen MR) is 80.1 cm³/mol. The summed E-state index contributed by atoms with van der Waals surface area (Å²) in [4.78, 5) is 24.9. The molecule has 21 heavy (non-hydrogen) atoms. The fourth-order valence-corrected chi connectivity index (χ4v) is 2.74. The average molecular weight is 292 g/mol. The van der Waals surface area contributed by atoms with E-state index < -0.39 is 10.8 Å². The molecule has 0 radical (unpaired) electrons. The summed E-state index contributed by atoms with van der Waals surface area (Å²) in [7, 11) is 0. The van der Waals surface area contributed by atoms with Crippen molar-refractivity contribution in [3.63, 3.8) is 0 Å². The highest BCUT2D eigenvalue weighted by atomic mass is 16.6. The maximum atomic E-state index is 12.2.